The molecule has 0 spiro atoms. The van der Waals surface area contributed by atoms with Crippen LogP contribution in [-0.4, -0.2) is 69.5 Å². The fraction of sp³-hybridized carbons (Fsp3) is 0.696. The number of carbonyl (C=O) groups is 4. The second-order valence-electron chi connectivity index (χ2n) is 9.17. The summed E-state index contributed by atoms with van der Waals surface area (Å²) in [5.74, 6) is -3.45. The zero-order valence-electron chi connectivity index (χ0n) is 21.0. The Balaban J connectivity index is 3.00. The number of carbonyl (C=O) groups excluding carboxylic acids is 3. The molecule has 1 aromatic rings. The maximum Gasteiger partial charge on any atom is 0.326 e. The van der Waals surface area contributed by atoms with Gasteiger partial charge in [0, 0.05) is 18.3 Å². The number of hydrogen-bond donors (Lipinski definition) is 7. The maximum atomic E-state index is 13.2. The maximum absolute atomic E-state index is 13.2. The molecule has 1 rings (SSSR count). The summed E-state index contributed by atoms with van der Waals surface area (Å²) in [5, 5.41) is 17.4. The number of amides is 3. The number of carboxylic acids is 1. The lowest BCUT2D eigenvalue weighted by Crippen LogP contribution is -2.59. The van der Waals surface area contributed by atoms with Gasteiger partial charge in [-0.25, -0.2) is 9.78 Å². The van der Waals surface area contributed by atoms with Crippen LogP contribution in [-0.2, 0) is 25.6 Å². The molecule has 5 atom stereocenters. The topological polar surface area (TPSA) is 205 Å². The Morgan fingerprint density at radius 2 is 1.69 bits per heavy atom. The number of nitrogens with one attached hydrogen (secondary N) is 4. The molecule has 0 fully saturated rings. The van der Waals surface area contributed by atoms with E-state index in [0.717, 1.165) is 6.42 Å². The van der Waals surface area contributed by atoms with Crippen molar-refractivity contribution in [3.8, 4) is 0 Å². The van der Waals surface area contributed by atoms with Crippen LogP contribution in [0.4, 0.5) is 0 Å². The number of imidazole rings is 1. The molecule has 3 amide bonds. The monoisotopic (exact) mass is 495 g/mol. The molecule has 198 valence electrons. The van der Waals surface area contributed by atoms with E-state index in [1.54, 1.807) is 20.8 Å². The first-order valence-corrected chi connectivity index (χ1v) is 12.1. The Kier molecular flexibility index (Phi) is 13.0. The smallest absolute Gasteiger partial charge is 0.326 e. The SMILES string of the molecule is CCC(C)C(NC(=O)C(Cc1cnc[nH]1)NC(=O)C(NC(=O)C(N)CCCCN)C(C)C)C(=O)O. The van der Waals surface area contributed by atoms with Crippen molar-refractivity contribution in [2.24, 2.45) is 23.3 Å². The summed E-state index contributed by atoms with van der Waals surface area (Å²) in [5.41, 5.74) is 12.0. The van der Waals surface area contributed by atoms with Gasteiger partial charge in [-0.05, 0) is 31.2 Å². The summed E-state index contributed by atoms with van der Waals surface area (Å²) in [6, 6.07) is -3.93. The molecule has 5 unspecified atom stereocenters. The number of carboxylic acid groups (broad SMARTS) is 1. The van der Waals surface area contributed by atoms with Crippen LogP contribution in [0.1, 0.15) is 59.1 Å². The van der Waals surface area contributed by atoms with E-state index in [2.05, 4.69) is 25.9 Å². The highest BCUT2D eigenvalue weighted by Crippen LogP contribution is 2.10. The van der Waals surface area contributed by atoms with Crippen molar-refractivity contribution < 1.29 is 24.3 Å². The number of aromatic nitrogens is 2. The van der Waals surface area contributed by atoms with E-state index in [0.29, 0.717) is 31.5 Å². The first kappa shape index (κ1) is 30.0. The normalized spacial score (nSPS) is 15.5. The molecule has 35 heavy (non-hydrogen) atoms. The lowest BCUT2D eigenvalue weighted by Gasteiger charge is -2.27. The predicted octanol–water partition coefficient (Wildman–Crippen LogP) is -0.350. The largest absolute Gasteiger partial charge is 0.480 e. The van der Waals surface area contributed by atoms with Gasteiger partial charge in [0.2, 0.25) is 17.7 Å². The first-order chi connectivity index (χ1) is 16.5. The number of H-pyrrole nitrogens is 1. The standard InChI is InChI=1S/C23H41N7O5/c1-5-14(4)19(23(34)35)30-21(32)17(10-15-11-26-12-27-15)28-22(33)18(13(2)3)29-20(31)16(25)8-6-7-9-24/h11-14,16-19H,5-10,24-25H2,1-4H3,(H,26,27)(H,28,33)(H,29,31)(H,30,32)(H,34,35). The minimum atomic E-state index is -1.16. The van der Waals surface area contributed by atoms with Crippen molar-refractivity contribution in [3.63, 3.8) is 0 Å². The molecule has 0 aliphatic heterocycles. The highest BCUT2D eigenvalue weighted by atomic mass is 16.4. The fourth-order valence-electron chi connectivity index (χ4n) is 3.46. The van der Waals surface area contributed by atoms with Crippen molar-refractivity contribution in [3.05, 3.63) is 18.2 Å². The van der Waals surface area contributed by atoms with Gasteiger partial charge >= 0.3 is 5.97 Å². The zero-order valence-corrected chi connectivity index (χ0v) is 21.0. The van der Waals surface area contributed by atoms with Gasteiger partial charge in [-0.3, -0.25) is 14.4 Å². The van der Waals surface area contributed by atoms with E-state index < -0.39 is 47.9 Å². The zero-order chi connectivity index (χ0) is 26.5. The van der Waals surface area contributed by atoms with Gasteiger partial charge in [0.15, 0.2) is 0 Å². The Morgan fingerprint density at radius 3 is 2.20 bits per heavy atom. The molecule has 0 radical (unpaired) electrons. The second-order valence-corrected chi connectivity index (χ2v) is 9.17. The minimum Gasteiger partial charge on any atom is -0.480 e. The van der Waals surface area contributed by atoms with E-state index >= 15 is 0 Å². The molecule has 0 aromatic carbocycles. The molecule has 1 heterocycles. The fourth-order valence-corrected chi connectivity index (χ4v) is 3.46. The van der Waals surface area contributed by atoms with Crippen LogP contribution in [0, 0.1) is 11.8 Å². The van der Waals surface area contributed by atoms with Crippen LogP contribution in [0.3, 0.4) is 0 Å². The number of nitrogens with two attached hydrogens (primary N) is 2. The molecular weight excluding hydrogens is 454 g/mol. The van der Waals surface area contributed by atoms with Crippen molar-refractivity contribution in [1.82, 2.24) is 25.9 Å². The quantitative estimate of drug-likeness (QED) is 0.150. The van der Waals surface area contributed by atoms with Gasteiger partial charge in [-0.1, -0.05) is 40.5 Å². The molecule has 9 N–H and O–H groups in total. The Bertz CT molecular complexity index is 815. The van der Waals surface area contributed by atoms with E-state index in [9.17, 15) is 24.3 Å². The summed E-state index contributed by atoms with van der Waals surface area (Å²) in [7, 11) is 0. The van der Waals surface area contributed by atoms with E-state index in [-0.39, 0.29) is 18.3 Å². The van der Waals surface area contributed by atoms with Crippen LogP contribution in [0.15, 0.2) is 12.5 Å². The summed E-state index contributed by atoms with van der Waals surface area (Å²) < 4.78 is 0. The molecule has 0 saturated carbocycles. The van der Waals surface area contributed by atoms with E-state index in [1.165, 1.54) is 12.5 Å². The first-order valence-electron chi connectivity index (χ1n) is 12.1. The number of nitrogens with zero attached hydrogens (tertiary/aromatic N) is 1. The Morgan fingerprint density at radius 1 is 1.03 bits per heavy atom. The summed E-state index contributed by atoms with van der Waals surface area (Å²) >= 11 is 0. The predicted molar refractivity (Wildman–Crippen MR) is 131 cm³/mol. The van der Waals surface area contributed by atoms with Gasteiger partial charge in [0.05, 0.1) is 12.4 Å². The number of unbranched alkanes of at least 4 members (excludes halogenated alkanes) is 1. The molecular formula is C23H41N7O5. The van der Waals surface area contributed by atoms with Gasteiger partial charge in [0.25, 0.3) is 0 Å². The molecule has 1 aromatic heterocycles. The highest BCUT2D eigenvalue weighted by molar-refractivity contribution is 5.94. The van der Waals surface area contributed by atoms with Crippen molar-refractivity contribution >= 4 is 23.7 Å². The van der Waals surface area contributed by atoms with E-state index in [4.69, 9.17) is 11.5 Å². The van der Waals surface area contributed by atoms with Crippen molar-refractivity contribution in [2.75, 3.05) is 6.54 Å². The lowest BCUT2D eigenvalue weighted by atomic mass is 9.98. The summed E-state index contributed by atoms with van der Waals surface area (Å²) in [6.07, 6.45) is 5.42. The van der Waals surface area contributed by atoms with Gasteiger partial charge in [-0.15, -0.1) is 0 Å². The van der Waals surface area contributed by atoms with Crippen LogP contribution in [0.25, 0.3) is 0 Å². The summed E-state index contributed by atoms with van der Waals surface area (Å²) in [6.45, 7) is 7.58. The number of aliphatic carboxylic acids is 1. The Hall–Kier alpha value is -2.99. The molecule has 12 nitrogen and oxygen atoms in total. The average Bonchev–Trinajstić information content (AvgIpc) is 3.32. The lowest BCUT2D eigenvalue weighted by molar-refractivity contribution is -0.143. The van der Waals surface area contributed by atoms with Crippen LogP contribution < -0.4 is 27.4 Å². The summed E-state index contributed by atoms with van der Waals surface area (Å²) in [4.78, 5) is 57.3. The molecule has 12 heteroatoms. The highest BCUT2D eigenvalue weighted by Gasteiger charge is 2.33. The molecule has 0 aliphatic carbocycles. The van der Waals surface area contributed by atoms with Crippen molar-refractivity contribution in [2.45, 2.75) is 84.0 Å². The number of rotatable bonds is 16. The van der Waals surface area contributed by atoms with Crippen molar-refractivity contribution in [1.29, 1.82) is 0 Å². The third-order valence-corrected chi connectivity index (χ3v) is 5.94. The minimum absolute atomic E-state index is 0.0573. The molecule has 0 aliphatic rings. The Labute approximate surface area is 206 Å². The number of hydrogen-bond acceptors (Lipinski definition) is 7. The number of aromatic amines is 1. The van der Waals surface area contributed by atoms with Crippen LogP contribution >= 0.6 is 0 Å². The van der Waals surface area contributed by atoms with Crippen LogP contribution in [0.5, 0.6) is 0 Å². The van der Waals surface area contributed by atoms with Crippen LogP contribution in [0.2, 0.25) is 0 Å². The van der Waals surface area contributed by atoms with Gasteiger partial charge in [0.1, 0.15) is 18.1 Å². The molecule has 0 bridgehead atoms. The third kappa shape index (κ3) is 10.0. The van der Waals surface area contributed by atoms with Gasteiger partial charge in [-0.2, -0.15) is 0 Å². The third-order valence-electron chi connectivity index (χ3n) is 5.94. The van der Waals surface area contributed by atoms with Gasteiger partial charge < -0.3 is 37.5 Å². The molecule has 0 saturated heterocycles. The van der Waals surface area contributed by atoms with E-state index in [1.807, 2.05) is 6.92 Å². The second kappa shape index (κ2) is 15.1. The average molecular weight is 496 g/mol.